The van der Waals surface area contributed by atoms with Crippen LogP contribution >= 0.6 is 11.6 Å². The smallest absolute Gasteiger partial charge is 0.387 e. The summed E-state index contributed by atoms with van der Waals surface area (Å²) < 4.78 is 40.2. The minimum Gasteiger partial charge on any atom is -0.467 e. The van der Waals surface area contributed by atoms with Crippen LogP contribution in [0.2, 0.25) is 5.02 Å². The number of nitrogens with zero attached hydrogens (tertiary/aromatic N) is 1. The molecule has 0 spiro atoms. The summed E-state index contributed by atoms with van der Waals surface area (Å²) in [7, 11) is 1.62. The zero-order valence-corrected chi connectivity index (χ0v) is 15.6. The molecule has 0 aliphatic heterocycles. The van der Waals surface area contributed by atoms with Crippen LogP contribution in [-0.4, -0.2) is 32.8 Å². The van der Waals surface area contributed by atoms with Crippen LogP contribution in [0.25, 0.3) is 0 Å². The number of aliphatic imine (C=N–C) groups is 1. The van der Waals surface area contributed by atoms with E-state index >= 15 is 0 Å². The van der Waals surface area contributed by atoms with Crippen LogP contribution in [0.4, 0.5) is 8.78 Å². The Hall–Kier alpha value is -2.32. The molecule has 0 bridgehead atoms. The maximum atomic E-state index is 12.5. The van der Waals surface area contributed by atoms with Gasteiger partial charge in [0.1, 0.15) is 18.1 Å². The highest BCUT2D eigenvalue weighted by Gasteiger charge is 2.11. The number of guanidine groups is 1. The Morgan fingerprint density at radius 1 is 1.30 bits per heavy atom. The van der Waals surface area contributed by atoms with Crippen molar-refractivity contribution in [2.75, 3.05) is 20.2 Å². The van der Waals surface area contributed by atoms with Gasteiger partial charge in [-0.2, -0.15) is 8.78 Å². The lowest BCUT2D eigenvalue weighted by Gasteiger charge is -2.15. The summed E-state index contributed by atoms with van der Waals surface area (Å²) in [6, 6.07) is 8.15. The molecule has 0 amide bonds. The molecule has 2 N–H and O–H groups in total. The lowest BCUT2D eigenvalue weighted by atomic mass is 10.2. The van der Waals surface area contributed by atoms with E-state index in [0.29, 0.717) is 36.3 Å². The second kappa shape index (κ2) is 11.4. The van der Waals surface area contributed by atoms with Crippen molar-refractivity contribution in [2.45, 2.75) is 26.2 Å². The molecule has 27 heavy (non-hydrogen) atoms. The number of rotatable bonds is 10. The first-order chi connectivity index (χ1) is 13.1. The van der Waals surface area contributed by atoms with Gasteiger partial charge in [0.15, 0.2) is 5.96 Å². The van der Waals surface area contributed by atoms with Crippen molar-refractivity contribution >= 4 is 17.6 Å². The van der Waals surface area contributed by atoms with Gasteiger partial charge in [-0.1, -0.05) is 11.6 Å². The summed E-state index contributed by atoms with van der Waals surface area (Å²) in [5.41, 5.74) is 0.507. The molecule has 9 heteroatoms. The second-order valence-corrected chi connectivity index (χ2v) is 5.91. The third-order valence-corrected chi connectivity index (χ3v) is 3.73. The summed E-state index contributed by atoms with van der Waals surface area (Å²) in [6.45, 7) is -1.04. The van der Waals surface area contributed by atoms with Crippen LogP contribution < -0.4 is 15.4 Å². The van der Waals surface area contributed by atoms with Crippen LogP contribution in [0.3, 0.4) is 0 Å². The zero-order chi connectivity index (χ0) is 19.5. The molecule has 0 unspecified atom stereocenters. The molecule has 6 nitrogen and oxygen atoms in total. The highest BCUT2D eigenvalue weighted by atomic mass is 35.5. The number of benzene rings is 1. The molecule has 0 aliphatic carbocycles. The molecule has 2 rings (SSSR count). The number of hydrogen-bond acceptors (Lipinski definition) is 4. The largest absolute Gasteiger partial charge is 0.467 e. The van der Waals surface area contributed by atoms with E-state index in [0.717, 1.165) is 12.2 Å². The fraction of sp³-hybridized carbons (Fsp3) is 0.389. The maximum Gasteiger partial charge on any atom is 0.387 e. The molecular weight excluding hydrogens is 380 g/mol. The molecule has 1 aromatic heterocycles. The molecule has 0 atom stereocenters. The van der Waals surface area contributed by atoms with Gasteiger partial charge in [0, 0.05) is 37.3 Å². The first-order valence-corrected chi connectivity index (χ1v) is 8.74. The monoisotopic (exact) mass is 401 g/mol. The Morgan fingerprint density at radius 2 is 2.15 bits per heavy atom. The van der Waals surface area contributed by atoms with Crippen LogP contribution in [-0.2, 0) is 17.9 Å². The summed E-state index contributed by atoms with van der Waals surface area (Å²) >= 11 is 5.93. The quantitative estimate of drug-likeness (QED) is 0.360. The van der Waals surface area contributed by atoms with E-state index in [4.69, 9.17) is 20.8 Å². The highest BCUT2D eigenvalue weighted by Crippen LogP contribution is 2.24. The van der Waals surface area contributed by atoms with Crippen molar-refractivity contribution in [2.24, 2.45) is 4.99 Å². The average molecular weight is 402 g/mol. The van der Waals surface area contributed by atoms with Crippen LogP contribution in [0, 0.1) is 0 Å². The molecule has 148 valence electrons. The van der Waals surface area contributed by atoms with Crippen LogP contribution in [0.15, 0.2) is 46.0 Å². The lowest BCUT2D eigenvalue weighted by Crippen LogP contribution is -2.37. The van der Waals surface area contributed by atoms with Crippen LogP contribution in [0.1, 0.15) is 17.7 Å². The van der Waals surface area contributed by atoms with Crippen molar-refractivity contribution in [1.82, 2.24) is 10.6 Å². The van der Waals surface area contributed by atoms with Gasteiger partial charge in [0.05, 0.1) is 6.26 Å². The predicted octanol–water partition coefficient (Wildman–Crippen LogP) is 3.81. The Balaban J connectivity index is 1.71. The van der Waals surface area contributed by atoms with E-state index < -0.39 is 6.61 Å². The van der Waals surface area contributed by atoms with Gasteiger partial charge in [-0.05, 0) is 36.8 Å². The van der Waals surface area contributed by atoms with E-state index in [2.05, 4.69) is 20.4 Å². The van der Waals surface area contributed by atoms with E-state index in [1.165, 1.54) is 12.1 Å². The second-order valence-electron chi connectivity index (χ2n) is 5.47. The van der Waals surface area contributed by atoms with Crippen molar-refractivity contribution in [3.8, 4) is 5.75 Å². The number of hydrogen-bond donors (Lipinski definition) is 2. The van der Waals surface area contributed by atoms with Crippen molar-refractivity contribution < 1.29 is 22.7 Å². The fourth-order valence-electron chi connectivity index (χ4n) is 2.25. The maximum absolute atomic E-state index is 12.5. The van der Waals surface area contributed by atoms with Crippen molar-refractivity contribution in [1.29, 1.82) is 0 Å². The Bertz CT molecular complexity index is 712. The molecule has 1 heterocycles. The lowest BCUT2D eigenvalue weighted by molar-refractivity contribution is -0.0504. The van der Waals surface area contributed by atoms with E-state index in [9.17, 15) is 8.78 Å². The van der Waals surface area contributed by atoms with Crippen molar-refractivity contribution in [3.63, 3.8) is 0 Å². The Morgan fingerprint density at radius 3 is 2.85 bits per heavy atom. The summed E-state index contributed by atoms with van der Waals surface area (Å²) in [4.78, 5) is 4.09. The van der Waals surface area contributed by atoms with Gasteiger partial charge in [-0.15, -0.1) is 0 Å². The number of ether oxygens (including phenoxy) is 2. The zero-order valence-electron chi connectivity index (χ0n) is 14.9. The van der Waals surface area contributed by atoms with Crippen LogP contribution in [0.5, 0.6) is 5.75 Å². The number of furan rings is 1. The van der Waals surface area contributed by atoms with Gasteiger partial charge >= 0.3 is 6.61 Å². The van der Waals surface area contributed by atoms with Gasteiger partial charge in [0.25, 0.3) is 0 Å². The average Bonchev–Trinajstić information content (AvgIpc) is 3.15. The molecule has 0 saturated heterocycles. The molecule has 0 radical (unpaired) electrons. The summed E-state index contributed by atoms with van der Waals surface area (Å²) in [5.74, 6) is 1.39. The summed E-state index contributed by atoms with van der Waals surface area (Å²) in [6.07, 6.45) is 2.37. The highest BCUT2D eigenvalue weighted by molar-refractivity contribution is 6.30. The number of nitrogens with one attached hydrogen (secondary N) is 2. The standard InChI is InChI=1S/C18H22ClF2N3O3/c1-22-18(23-7-3-8-25-12-15-4-2-9-26-15)24-11-13-10-14(19)5-6-16(13)27-17(20)21/h2,4-6,9-10,17H,3,7-8,11-12H2,1H3,(H2,22,23,24). The normalized spacial score (nSPS) is 11.7. The Kier molecular flexibility index (Phi) is 8.86. The van der Waals surface area contributed by atoms with E-state index in [-0.39, 0.29) is 12.3 Å². The molecule has 0 fully saturated rings. The molecule has 0 aliphatic rings. The first-order valence-electron chi connectivity index (χ1n) is 8.36. The molecular formula is C18H22ClF2N3O3. The van der Waals surface area contributed by atoms with E-state index in [1.807, 2.05) is 12.1 Å². The van der Waals surface area contributed by atoms with Gasteiger partial charge in [0.2, 0.25) is 0 Å². The van der Waals surface area contributed by atoms with E-state index in [1.54, 1.807) is 19.4 Å². The molecule has 2 aromatic rings. The first kappa shape index (κ1) is 21.0. The number of halogens is 3. The van der Waals surface area contributed by atoms with Gasteiger partial charge in [-0.25, -0.2) is 0 Å². The molecule has 0 saturated carbocycles. The van der Waals surface area contributed by atoms with Gasteiger partial charge < -0.3 is 24.5 Å². The topological polar surface area (TPSA) is 68.0 Å². The van der Waals surface area contributed by atoms with Gasteiger partial charge in [-0.3, -0.25) is 4.99 Å². The third-order valence-electron chi connectivity index (χ3n) is 3.49. The number of alkyl halides is 2. The molecule has 1 aromatic carbocycles. The minimum absolute atomic E-state index is 0.0729. The fourth-order valence-corrected chi connectivity index (χ4v) is 2.44. The third kappa shape index (κ3) is 7.84. The Labute approximate surface area is 161 Å². The predicted molar refractivity (Wildman–Crippen MR) is 99.3 cm³/mol. The van der Waals surface area contributed by atoms with Crippen molar-refractivity contribution in [3.05, 3.63) is 52.9 Å². The SMILES string of the molecule is CN=C(NCCCOCc1ccco1)NCc1cc(Cl)ccc1OC(F)F. The summed E-state index contributed by atoms with van der Waals surface area (Å²) in [5, 5.41) is 6.60. The minimum atomic E-state index is -2.90.